The SMILES string of the molecule is CC1CC2CC(C)CC(COc3cc(F)c(C(=O)N4C[C@H]5[C@@H]([C@H]4C(=O)O)C5(C)C)cc3C3CC3)(C1)C2. The Balaban J connectivity index is 1.24. The Labute approximate surface area is 213 Å². The molecule has 6 rings (SSSR count). The molecule has 0 aromatic heterocycles. The van der Waals surface area contributed by atoms with Crippen molar-refractivity contribution in [3.8, 4) is 5.75 Å². The monoisotopic (exact) mass is 497 g/mol. The number of ether oxygens (including phenoxy) is 1. The minimum atomic E-state index is -0.995. The highest BCUT2D eigenvalue weighted by Gasteiger charge is 2.69. The van der Waals surface area contributed by atoms with Crippen LogP contribution in [0, 0.1) is 46.2 Å². The van der Waals surface area contributed by atoms with E-state index in [9.17, 15) is 14.7 Å². The zero-order valence-electron chi connectivity index (χ0n) is 22.1. The van der Waals surface area contributed by atoms with Gasteiger partial charge in [-0.3, -0.25) is 4.79 Å². The number of carboxylic acids is 1. The van der Waals surface area contributed by atoms with Crippen LogP contribution >= 0.6 is 0 Å². The fraction of sp³-hybridized carbons (Fsp3) is 0.733. The first-order valence-corrected chi connectivity index (χ1v) is 14.0. The first-order chi connectivity index (χ1) is 17.0. The number of nitrogens with zero attached hydrogens (tertiary/aromatic N) is 1. The topological polar surface area (TPSA) is 66.8 Å². The second kappa shape index (κ2) is 8.19. The fourth-order valence-electron chi connectivity index (χ4n) is 8.82. The number of piperidine rings is 1. The lowest BCUT2D eigenvalue weighted by Crippen LogP contribution is -2.45. The van der Waals surface area contributed by atoms with Crippen LogP contribution in [-0.2, 0) is 4.79 Å². The molecule has 196 valence electrons. The number of hydrogen-bond acceptors (Lipinski definition) is 3. The highest BCUT2D eigenvalue weighted by Crippen LogP contribution is 2.65. The smallest absolute Gasteiger partial charge is 0.326 e. The molecule has 1 saturated heterocycles. The lowest BCUT2D eigenvalue weighted by Gasteiger charge is -2.49. The van der Waals surface area contributed by atoms with E-state index in [-0.39, 0.29) is 34.1 Å². The second-order valence-electron chi connectivity index (χ2n) is 13.8. The van der Waals surface area contributed by atoms with E-state index >= 15 is 4.39 Å². The molecule has 2 unspecified atom stereocenters. The van der Waals surface area contributed by atoms with Crippen LogP contribution in [0.5, 0.6) is 5.75 Å². The van der Waals surface area contributed by atoms with Crippen molar-refractivity contribution in [1.82, 2.24) is 4.90 Å². The second-order valence-corrected chi connectivity index (χ2v) is 13.8. The molecule has 2 bridgehead atoms. The van der Waals surface area contributed by atoms with Gasteiger partial charge in [-0.25, -0.2) is 9.18 Å². The van der Waals surface area contributed by atoms with Gasteiger partial charge in [-0.05, 0) is 91.6 Å². The van der Waals surface area contributed by atoms with Crippen LogP contribution in [0.2, 0.25) is 0 Å². The van der Waals surface area contributed by atoms with Crippen LogP contribution in [0.1, 0.15) is 94.5 Å². The standard InChI is InChI=1S/C30H40FNO4/c1-16-7-18-8-17(2)12-30(11-16,13-18)15-36-24-10-23(31)21(9-20(24)19-5-6-19)27(33)32-14-22-25(29(22,3)4)26(32)28(34)35/h9-10,16-19,22,25-26H,5-8,11-15H2,1-4H3,(H,34,35)/t16?,17?,18?,22-,25-,26-,30?/m0/s1. The number of fused-ring (bicyclic) bond motifs is 3. The minimum Gasteiger partial charge on any atom is -0.493 e. The van der Waals surface area contributed by atoms with Crippen molar-refractivity contribution in [2.24, 2.45) is 40.4 Å². The normalized spacial score (nSPS) is 38.4. The summed E-state index contributed by atoms with van der Waals surface area (Å²) in [6.07, 6.45) is 8.15. The van der Waals surface area contributed by atoms with E-state index in [0.29, 0.717) is 30.7 Å². The summed E-state index contributed by atoms with van der Waals surface area (Å²) in [5.41, 5.74) is 0.979. The van der Waals surface area contributed by atoms with Crippen LogP contribution in [0.3, 0.4) is 0 Å². The number of halogens is 1. The molecule has 0 spiro atoms. The molecule has 5 atom stereocenters. The van der Waals surface area contributed by atoms with Crippen LogP contribution in [-0.4, -0.2) is 41.1 Å². The molecule has 6 heteroatoms. The molecule has 1 N–H and O–H groups in total. The summed E-state index contributed by atoms with van der Waals surface area (Å²) in [4.78, 5) is 26.9. The Bertz CT molecular complexity index is 1080. The summed E-state index contributed by atoms with van der Waals surface area (Å²) in [5, 5.41) is 9.87. The summed E-state index contributed by atoms with van der Waals surface area (Å²) in [6.45, 7) is 9.79. The van der Waals surface area contributed by atoms with Gasteiger partial charge in [0, 0.05) is 23.9 Å². The van der Waals surface area contributed by atoms with Gasteiger partial charge in [0.2, 0.25) is 0 Å². The van der Waals surface area contributed by atoms with Crippen molar-refractivity contribution < 1.29 is 23.8 Å². The van der Waals surface area contributed by atoms with Crippen molar-refractivity contribution in [2.75, 3.05) is 13.2 Å². The van der Waals surface area contributed by atoms with Gasteiger partial charge in [0.05, 0.1) is 12.2 Å². The van der Waals surface area contributed by atoms with E-state index < -0.39 is 23.7 Å². The van der Waals surface area contributed by atoms with Gasteiger partial charge in [0.25, 0.3) is 5.91 Å². The predicted molar refractivity (Wildman–Crippen MR) is 134 cm³/mol. The number of benzene rings is 1. The maximum absolute atomic E-state index is 15.5. The molecule has 0 radical (unpaired) electrons. The molecule has 5 nitrogen and oxygen atoms in total. The van der Waals surface area contributed by atoms with Gasteiger partial charge in [-0.15, -0.1) is 0 Å². The van der Waals surface area contributed by atoms with E-state index in [2.05, 4.69) is 27.7 Å². The maximum atomic E-state index is 15.5. The molecule has 5 fully saturated rings. The largest absolute Gasteiger partial charge is 0.493 e. The van der Waals surface area contributed by atoms with Crippen LogP contribution in [0.15, 0.2) is 12.1 Å². The summed E-state index contributed by atoms with van der Waals surface area (Å²) < 4.78 is 21.9. The third kappa shape index (κ3) is 3.94. The Hall–Kier alpha value is -2.11. The molecular weight excluding hydrogens is 457 g/mol. The van der Waals surface area contributed by atoms with E-state index in [0.717, 1.165) is 37.2 Å². The molecule has 5 aliphatic rings. The molecule has 4 saturated carbocycles. The number of likely N-dealkylation sites (tertiary alicyclic amines) is 1. The van der Waals surface area contributed by atoms with Gasteiger partial charge in [-0.1, -0.05) is 27.7 Å². The molecular formula is C30H40FNO4. The summed E-state index contributed by atoms with van der Waals surface area (Å²) >= 11 is 0. The number of amides is 1. The van der Waals surface area contributed by atoms with Gasteiger partial charge in [0.1, 0.15) is 17.6 Å². The molecule has 1 aromatic carbocycles. The van der Waals surface area contributed by atoms with E-state index in [1.54, 1.807) is 6.07 Å². The highest BCUT2D eigenvalue weighted by molar-refractivity contribution is 5.98. The van der Waals surface area contributed by atoms with Crippen molar-refractivity contribution >= 4 is 11.9 Å². The molecule has 4 aliphatic carbocycles. The first kappa shape index (κ1) is 24.2. The average molecular weight is 498 g/mol. The fourth-order valence-corrected chi connectivity index (χ4v) is 8.82. The number of carbonyl (C=O) groups is 2. The molecule has 1 aromatic rings. The van der Waals surface area contributed by atoms with Crippen molar-refractivity contribution in [1.29, 1.82) is 0 Å². The van der Waals surface area contributed by atoms with Gasteiger partial charge in [0.15, 0.2) is 0 Å². The highest BCUT2D eigenvalue weighted by atomic mass is 19.1. The molecule has 1 amide bonds. The van der Waals surface area contributed by atoms with Crippen molar-refractivity contribution in [2.45, 2.75) is 84.6 Å². The summed E-state index contributed by atoms with van der Waals surface area (Å²) in [5.74, 6) is 1.01. The quantitative estimate of drug-likeness (QED) is 0.515. The van der Waals surface area contributed by atoms with Crippen molar-refractivity contribution in [3.05, 3.63) is 29.1 Å². The maximum Gasteiger partial charge on any atom is 0.326 e. The number of carbonyl (C=O) groups excluding carboxylic acids is 1. The van der Waals surface area contributed by atoms with E-state index in [4.69, 9.17) is 4.74 Å². The average Bonchev–Trinajstić information content (AvgIpc) is 3.65. The van der Waals surface area contributed by atoms with Gasteiger partial charge in [-0.2, -0.15) is 0 Å². The Morgan fingerprint density at radius 1 is 1.11 bits per heavy atom. The van der Waals surface area contributed by atoms with E-state index in [1.165, 1.54) is 30.2 Å². The van der Waals surface area contributed by atoms with Crippen LogP contribution < -0.4 is 4.74 Å². The number of carboxylic acid groups (broad SMARTS) is 1. The summed E-state index contributed by atoms with van der Waals surface area (Å²) in [6, 6.07) is 2.20. The van der Waals surface area contributed by atoms with E-state index in [1.807, 2.05) is 0 Å². The molecule has 1 heterocycles. The number of aliphatic carboxylic acids is 1. The Morgan fingerprint density at radius 2 is 1.78 bits per heavy atom. The minimum absolute atomic E-state index is 0.00888. The van der Waals surface area contributed by atoms with Crippen LogP contribution in [0.25, 0.3) is 0 Å². The molecule has 1 aliphatic heterocycles. The zero-order chi connectivity index (χ0) is 25.6. The number of rotatable bonds is 6. The number of hydrogen-bond donors (Lipinski definition) is 1. The van der Waals surface area contributed by atoms with Crippen molar-refractivity contribution in [3.63, 3.8) is 0 Å². The lowest BCUT2D eigenvalue weighted by atomic mass is 9.57. The first-order valence-electron chi connectivity index (χ1n) is 14.0. The third-order valence-electron chi connectivity index (χ3n) is 10.4. The third-order valence-corrected chi connectivity index (χ3v) is 10.4. The van der Waals surface area contributed by atoms with Crippen LogP contribution in [0.4, 0.5) is 4.39 Å². The van der Waals surface area contributed by atoms with Gasteiger partial charge >= 0.3 is 5.97 Å². The Kier molecular flexibility index (Phi) is 5.52. The Morgan fingerprint density at radius 3 is 2.39 bits per heavy atom. The zero-order valence-corrected chi connectivity index (χ0v) is 22.1. The summed E-state index contributed by atoms with van der Waals surface area (Å²) in [7, 11) is 0. The lowest BCUT2D eigenvalue weighted by molar-refractivity contribution is -0.142. The predicted octanol–water partition coefficient (Wildman–Crippen LogP) is 6.12. The molecule has 36 heavy (non-hydrogen) atoms. The van der Waals surface area contributed by atoms with Gasteiger partial charge < -0.3 is 14.7 Å².